The molecule has 0 atom stereocenters. The minimum absolute atomic E-state index is 0.163. The molecule has 22 heavy (non-hydrogen) atoms. The number of benzene rings is 3. The van der Waals surface area contributed by atoms with Gasteiger partial charge in [0.2, 0.25) is 0 Å². The van der Waals surface area contributed by atoms with Crippen molar-refractivity contribution in [3.05, 3.63) is 77.9 Å². The van der Waals surface area contributed by atoms with Gasteiger partial charge in [0.15, 0.2) is 5.78 Å². The molecule has 0 bridgehead atoms. The zero-order chi connectivity index (χ0) is 15.4. The zero-order valence-electron chi connectivity index (χ0n) is 12.6. The Hall–Kier alpha value is -2.61. The van der Waals surface area contributed by atoms with Crippen LogP contribution in [0.25, 0.3) is 10.8 Å². The molecule has 0 aliphatic rings. The molecule has 0 fully saturated rings. The van der Waals surface area contributed by atoms with Crippen molar-refractivity contribution < 1.29 is 9.53 Å². The minimum atomic E-state index is 0.163. The second-order valence-electron chi connectivity index (χ2n) is 5.33. The number of hydrogen-bond donors (Lipinski definition) is 0. The van der Waals surface area contributed by atoms with Gasteiger partial charge in [-0.3, -0.25) is 4.79 Å². The molecule has 3 aromatic carbocycles. The molecule has 2 nitrogen and oxygen atoms in total. The highest BCUT2D eigenvalue weighted by molar-refractivity contribution is 5.96. The summed E-state index contributed by atoms with van der Waals surface area (Å²) in [7, 11) is 1.62. The molecule has 3 rings (SSSR count). The first-order valence-corrected chi connectivity index (χ1v) is 7.41. The van der Waals surface area contributed by atoms with Crippen molar-refractivity contribution >= 4 is 16.6 Å². The van der Waals surface area contributed by atoms with Crippen molar-refractivity contribution in [2.75, 3.05) is 7.11 Å². The van der Waals surface area contributed by atoms with Crippen LogP contribution in [0.3, 0.4) is 0 Å². The largest absolute Gasteiger partial charge is 0.497 e. The predicted octanol–water partition coefficient (Wildman–Crippen LogP) is 4.66. The lowest BCUT2D eigenvalue weighted by molar-refractivity contribution is 0.0983. The number of rotatable bonds is 5. The monoisotopic (exact) mass is 290 g/mol. The highest BCUT2D eigenvalue weighted by atomic mass is 16.5. The lowest BCUT2D eigenvalue weighted by Crippen LogP contribution is -2.01. The summed E-state index contributed by atoms with van der Waals surface area (Å²) >= 11 is 0. The third-order valence-electron chi connectivity index (χ3n) is 3.87. The van der Waals surface area contributed by atoms with Crippen molar-refractivity contribution in [2.45, 2.75) is 12.8 Å². The van der Waals surface area contributed by atoms with Crippen LogP contribution in [-0.2, 0) is 6.42 Å². The van der Waals surface area contributed by atoms with Gasteiger partial charge in [0.05, 0.1) is 7.11 Å². The van der Waals surface area contributed by atoms with Crippen LogP contribution >= 0.6 is 0 Å². The maximum Gasteiger partial charge on any atom is 0.163 e. The van der Waals surface area contributed by atoms with E-state index in [1.165, 1.54) is 16.3 Å². The van der Waals surface area contributed by atoms with Crippen LogP contribution in [0.2, 0.25) is 0 Å². The fraction of sp³-hybridized carbons (Fsp3) is 0.150. The quantitative estimate of drug-likeness (QED) is 0.639. The smallest absolute Gasteiger partial charge is 0.163 e. The Bertz CT molecular complexity index is 788. The number of aryl methyl sites for hydroxylation is 1. The normalized spacial score (nSPS) is 10.6. The molecule has 0 unspecified atom stereocenters. The molecular weight excluding hydrogens is 272 g/mol. The number of carbonyl (C=O) groups is 1. The molecule has 0 radical (unpaired) electrons. The third-order valence-corrected chi connectivity index (χ3v) is 3.87. The summed E-state index contributed by atoms with van der Waals surface area (Å²) in [5, 5.41) is 2.45. The van der Waals surface area contributed by atoms with Gasteiger partial charge < -0.3 is 4.74 Å². The highest BCUT2D eigenvalue weighted by Crippen LogP contribution is 2.18. The molecule has 2 heteroatoms. The molecule has 0 heterocycles. The van der Waals surface area contributed by atoms with Gasteiger partial charge in [-0.1, -0.05) is 42.5 Å². The van der Waals surface area contributed by atoms with Crippen molar-refractivity contribution in [3.63, 3.8) is 0 Å². The minimum Gasteiger partial charge on any atom is -0.497 e. The molecule has 0 saturated carbocycles. The number of methoxy groups -OCH3 is 1. The molecule has 0 aliphatic carbocycles. The number of Topliss-reactive ketones (excluding diaryl/α,β-unsaturated/α-hetero) is 1. The second kappa shape index (κ2) is 6.44. The Balaban J connectivity index is 1.68. The Labute approximate surface area is 130 Å². The summed E-state index contributed by atoms with van der Waals surface area (Å²) in [4.78, 5) is 12.2. The van der Waals surface area contributed by atoms with E-state index in [1.807, 2.05) is 36.4 Å². The van der Waals surface area contributed by atoms with Gasteiger partial charge in [0, 0.05) is 12.0 Å². The molecular formula is C20H18O2. The van der Waals surface area contributed by atoms with Crippen molar-refractivity contribution in [1.29, 1.82) is 0 Å². The maximum absolute atomic E-state index is 12.2. The van der Waals surface area contributed by atoms with Crippen LogP contribution in [0.5, 0.6) is 5.75 Å². The summed E-state index contributed by atoms with van der Waals surface area (Å²) in [6.07, 6.45) is 1.28. The number of fused-ring (bicyclic) bond motifs is 1. The van der Waals surface area contributed by atoms with Crippen LogP contribution in [0.4, 0.5) is 0 Å². The van der Waals surface area contributed by atoms with Gasteiger partial charge in [0.25, 0.3) is 0 Å². The average Bonchev–Trinajstić information content (AvgIpc) is 2.59. The second-order valence-corrected chi connectivity index (χ2v) is 5.33. The Morgan fingerprint density at radius 3 is 2.36 bits per heavy atom. The molecule has 0 saturated heterocycles. The predicted molar refractivity (Wildman–Crippen MR) is 89.6 cm³/mol. The fourth-order valence-electron chi connectivity index (χ4n) is 2.57. The maximum atomic E-state index is 12.2. The van der Waals surface area contributed by atoms with E-state index >= 15 is 0 Å². The first kappa shape index (κ1) is 14.3. The Morgan fingerprint density at radius 2 is 1.64 bits per heavy atom. The highest BCUT2D eigenvalue weighted by Gasteiger charge is 2.07. The van der Waals surface area contributed by atoms with E-state index in [4.69, 9.17) is 4.74 Å². The van der Waals surface area contributed by atoms with E-state index in [9.17, 15) is 4.79 Å². The van der Waals surface area contributed by atoms with E-state index in [1.54, 1.807) is 7.11 Å². The van der Waals surface area contributed by atoms with E-state index in [-0.39, 0.29) is 5.78 Å². The number of ketones is 1. The summed E-state index contributed by atoms with van der Waals surface area (Å²) in [5.41, 5.74) is 1.93. The Kier molecular flexibility index (Phi) is 4.19. The summed E-state index contributed by atoms with van der Waals surface area (Å²) in [5.74, 6) is 0.932. The lowest BCUT2D eigenvalue weighted by atomic mass is 10.0. The lowest BCUT2D eigenvalue weighted by Gasteiger charge is -2.05. The van der Waals surface area contributed by atoms with Crippen molar-refractivity contribution in [1.82, 2.24) is 0 Å². The molecule has 0 spiro atoms. The van der Waals surface area contributed by atoms with Gasteiger partial charge in [-0.15, -0.1) is 0 Å². The first-order valence-electron chi connectivity index (χ1n) is 7.41. The van der Waals surface area contributed by atoms with Crippen LogP contribution in [0, 0.1) is 0 Å². The first-order chi connectivity index (χ1) is 10.8. The van der Waals surface area contributed by atoms with Gasteiger partial charge in [-0.25, -0.2) is 0 Å². The third kappa shape index (κ3) is 3.17. The van der Waals surface area contributed by atoms with E-state index in [2.05, 4.69) is 30.3 Å². The summed E-state index contributed by atoms with van der Waals surface area (Å²) in [6.45, 7) is 0. The van der Waals surface area contributed by atoms with Crippen molar-refractivity contribution in [2.24, 2.45) is 0 Å². The summed E-state index contributed by atoms with van der Waals surface area (Å²) < 4.78 is 5.11. The van der Waals surface area contributed by atoms with Gasteiger partial charge in [-0.2, -0.15) is 0 Å². The van der Waals surface area contributed by atoms with Crippen LogP contribution in [0.1, 0.15) is 22.3 Å². The van der Waals surface area contributed by atoms with Gasteiger partial charge in [-0.05, 0) is 47.0 Å². The van der Waals surface area contributed by atoms with E-state index in [0.717, 1.165) is 17.7 Å². The van der Waals surface area contributed by atoms with Crippen molar-refractivity contribution in [3.8, 4) is 5.75 Å². The van der Waals surface area contributed by atoms with E-state index < -0.39 is 0 Å². The summed E-state index contributed by atoms with van der Waals surface area (Å²) in [6, 6.07) is 21.9. The number of hydrogen-bond acceptors (Lipinski definition) is 2. The van der Waals surface area contributed by atoms with Crippen LogP contribution in [-0.4, -0.2) is 12.9 Å². The fourth-order valence-corrected chi connectivity index (χ4v) is 2.57. The van der Waals surface area contributed by atoms with E-state index in [0.29, 0.717) is 6.42 Å². The molecule has 110 valence electrons. The molecule has 0 aromatic heterocycles. The molecule has 0 amide bonds. The molecule has 0 N–H and O–H groups in total. The molecule has 0 aliphatic heterocycles. The number of ether oxygens (including phenoxy) is 1. The standard InChI is InChI=1S/C20H18O2/c1-22-19-11-9-17(10-12-19)20(21)13-7-15-6-8-16-4-2-3-5-18(16)14-15/h2-6,8-12,14H,7,13H2,1H3. The zero-order valence-corrected chi connectivity index (χ0v) is 12.6. The van der Waals surface area contributed by atoms with Gasteiger partial charge >= 0.3 is 0 Å². The van der Waals surface area contributed by atoms with Gasteiger partial charge in [0.1, 0.15) is 5.75 Å². The average molecular weight is 290 g/mol. The van der Waals surface area contributed by atoms with Crippen LogP contribution < -0.4 is 4.74 Å². The topological polar surface area (TPSA) is 26.3 Å². The van der Waals surface area contributed by atoms with Crippen LogP contribution in [0.15, 0.2) is 66.7 Å². The number of carbonyl (C=O) groups excluding carboxylic acids is 1. The Morgan fingerprint density at radius 1 is 0.909 bits per heavy atom. The SMILES string of the molecule is COc1ccc(C(=O)CCc2ccc3ccccc3c2)cc1. The molecule has 3 aromatic rings.